The molecule has 0 aromatic heterocycles. The van der Waals surface area contributed by atoms with Crippen LogP contribution < -0.4 is 9.62 Å². The molecule has 3 amide bonds. The largest absolute Gasteiger partial charge is 0.324 e. The lowest BCUT2D eigenvalue weighted by Crippen LogP contribution is -2.37. The zero-order chi connectivity index (χ0) is 18.2. The van der Waals surface area contributed by atoms with Crippen molar-refractivity contribution in [3.05, 3.63) is 23.8 Å². The zero-order valence-electron chi connectivity index (χ0n) is 13.8. The number of likely N-dealkylation sites (tertiary alicyclic amines) is 1. The molecule has 25 heavy (non-hydrogen) atoms. The zero-order valence-corrected chi connectivity index (χ0v) is 14.6. The number of amides is 3. The number of hydrogen-bond acceptors (Lipinski definition) is 5. The van der Waals surface area contributed by atoms with Crippen molar-refractivity contribution < 1.29 is 22.8 Å². The van der Waals surface area contributed by atoms with Gasteiger partial charge in [0.15, 0.2) is 0 Å². The first-order valence-electron chi connectivity index (χ1n) is 8.02. The first-order chi connectivity index (χ1) is 11.8. The van der Waals surface area contributed by atoms with E-state index in [1.54, 1.807) is 25.1 Å². The van der Waals surface area contributed by atoms with E-state index in [1.165, 1.54) is 4.31 Å². The van der Waals surface area contributed by atoms with Crippen LogP contribution in [0.2, 0.25) is 0 Å². The second-order valence-corrected chi connectivity index (χ2v) is 8.18. The SMILES string of the molecule is Cc1ccc(N2CCCS2(=O)=O)cc1NC(=O)CN1C(=O)CCC1=O. The molecule has 2 aliphatic heterocycles. The highest BCUT2D eigenvalue weighted by molar-refractivity contribution is 7.93. The summed E-state index contributed by atoms with van der Waals surface area (Å²) in [6.45, 7) is 1.86. The number of nitrogens with one attached hydrogen (secondary N) is 1. The number of sulfonamides is 1. The number of rotatable bonds is 4. The molecule has 0 aliphatic carbocycles. The molecule has 1 aromatic carbocycles. The third kappa shape index (κ3) is 3.51. The van der Waals surface area contributed by atoms with E-state index in [4.69, 9.17) is 0 Å². The lowest BCUT2D eigenvalue weighted by molar-refractivity contribution is -0.141. The Kier molecular flexibility index (Phi) is 4.51. The Labute approximate surface area is 145 Å². The molecular weight excluding hydrogens is 346 g/mol. The number of benzene rings is 1. The molecule has 134 valence electrons. The molecular formula is C16H19N3O5S. The second-order valence-electron chi connectivity index (χ2n) is 6.16. The highest BCUT2D eigenvalue weighted by Crippen LogP contribution is 2.28. The van der Waals surface area contributed by atoms with E-state index in [9.17, 15) is 22.8 Å². The van der Waals surface area contributed by atoms with Crippen molar-refractivity contribution in [3.63, 3.8) is 0 Å². The van der Waals surface area contributed by atoms with Crippen molar-refractivity contribution in [1.82, 2.24) is 4.90 Å². The van der Waals surface area contributed by atoms with Crippen molar-refractivity contribution in [3.8, 4) is 0 Å². The fourth-order valence-corrected chi connectivity index (χ4v) is 4.52. The van der Waals surface area contributed by atoms with Gasteiger partial charge in [-0.3, -0.25) is 23.6 Å². The summed E-state index contributed by atoms with van der Waals surface area (Å²) in [5.74, 6) is -1.09. The maximum absolute atomic E-state index is 12.2. The lowest BCUT2D eigenvalue weighted by Gasteiger charge is -2.19. The van der Waals surface area contributed by atoms with Crippen molar-refractivity contribution in [1.29, 1.82) is 0 Å². The van der Waals surface area contributed by atoms with Crippen LogP contribution >= 0.6 is 0 Å². The average molecular weight is 365 g/mol. The van der Waals surface area contributed by atoms with Gasteiger partial charge in [-0.15, -0.1) is 0 Å². The highest BCUT2D eigenvalue weighted by atomic mass is 32.2. The lowest BCUT2D eigenvalue weighted by atomic mass is 10.1. The van der Waals surface area contributed by atoms with Crippen LogP contribution in [0, 0.1) is 6.92 Å². The number of imide groups is 1. The van der Waals surface area contributed by atoms with Gasteiger partial charge in [-0.1, -0.05) is 6.07 Å². The van der Waals surface area contributed by atoms with Gasteiger partial charge >= 0.3 is 0 Å². The summed E-state index contributed by atoms with van der Waals surface area (Å²) >= 11 is 0. The van der Waals surface area contributed by atoms with Crippen LogP contribution in [-0.4, -0.2) is 49.9 Å². The number of nitrogens with zero attached hydrogens (tertiary/aromatic N) is 2. The van der Waals surface area contributed by atoms with Crippen molar-refractivity contribution in [2.75, 3.05) is 28.5 Å². The van der Waals surface area contributed by atoms with Crippen LogP contribution in [0.3, 0.4) is 0 Å². The van der Waals surface area contributed by atoms with Gasteiger partial charge in [-0.2, -0.15) is 0 Å². The maximum Gasteiger partial charge on any atom is 0.244 e. The fraction of sp³-hybridized carbons (Fsp3) is 0.438. The van der Waals surface area contributed by atoms with E-state index in [-0.39, 0.29) is 37.0 Å². The van der Waals surface area contributed by atoms with E-state index in [0.717, 1.165) is 10.5 Å². The molecule has 9 heteroatoms. The molecule has 1 N–H and O–H groups in total. The van der Waals surface area contributed by atoms with Gasteiger partial charge in [0.2, 0.25) is 27.7 Å². The smallest absolute Gasteiger partial charge is 0.244 e. The minimum atomic E-state index is -3.31. The van der Waals surface area contributed by atoms with Crippen molar-refractivity contribution in [2.45, 2.75) is 26.2 Å². The maximum atomic E-state index is 12.2. The van der Waals surface area contributed by atoms with Crippen molar-refractivity contribution >= 4 is 39.1 Å². The highest BCUT2D eigenvalue weighted by Gasteiger charge is 2.31. The van der Waals surface area contributed by atoms with Crippen LogP contribution in [0.4, 0.5) is 11.4 Å². The summed E-state index contributed by atoms with van der Waals surface area (Å²) in [5, 5.41) is 2.66. The van der Waals surface area contributed by atoms with Crippen LogP contribution in [0.15, 0.2) is 18.2 Å². The number of carbonyl (C=O) groups is 3. The Hall–Kier alpha value is -2.42. The summed E-state index contributed by atoms with van der Waals surface area (Å²) in [7, 11) is -3.31. The quantitative estimate of drug-likeness (QED) is 0.788. The summed E-state index contributed by atoms with van der Waals surface area (Å²) < 4.78 is 25.4. The molecule has 8 nitrogen and oxygen atoms in total. The normalized spacial score (nSPS) is 19.6. The Bertz CT molecular complexity index is 833. The topological polar surface area (TPSA) is 104 Å². The Morgan fingerprint density at radius 1 is 1.20 bits per heavy atom. The van der Waals surface area contributed by atoms with E-state index in [2.05, 4.69) is 5.32 Å². The molecule has 0 saturated carbocycles. The van der Waals surface area contributed by atoms with E-state index >= 15 is 0 Å². The van der Waals surface area contributed by atoms with Gasteiger partial charge in [-0.25, -0.2) is 8.42 Å². The minimum Gasteiger partial charge on any atom is -0.324 e. The van der Waals surface area contributed by atoms with Crippen molar-refractivity contribution in [2.24, 2.45) is 0 Å². The molecule has 0 spiro atoms. The number of aryl methyl sites for hydroxylation is 1. The summed E-state index contributed by atoms with van der Waals surface area (Å²) in [5.41, 5.74) is 1.71. The average Bonchev–Trinajstić information content (AvgIpc) is 3.05. The third-order valence-corrected chi connectivity index (χ3v) is 6.21. The van der Waals surface area contributed by atoms with Gasteiger partial charge in [0.25, 0.3) is 0 Å². The summed E-state index contributed by atoms with van der Waals surface area (Å²) in [6.07, 6.45) is 0.831. The van der Waals surface area contributed by atoms with Crippen LogP contribution in [0.5, 0.6) is 0 Å². The standard InChI is InChI=1S/C16H19N3O5S/c1-11-3-4-12(19-7-2-8-25(19,23)24)9-13(11)17-14(20)10-18-15(21)5-6-16(18)22/h3-4,9H,2,5-8,10H2,1H3,(H,17,20). The fourth-order valence-electron chi connectivity index (χ4n) is 2.96. The van der Waals surface area contributed by atoms with Gasteiger partial charge < -0.3 is 5.32 Å². The summed E-state index contributed by atoms with van der Waals surface area (Å²) in [4.78, 5) is 36.3. The molecule has 2 fully saturated rings. The Balaban J connectivity index is 1.76. The first kappa shape index (κ1) is 17.4. The predicted octanol–water partition coefficient (Wildman–Crippen LogP) is 0.622. The molecule has 1 aromatic rings. The van der Waals surface area contributed by atoms with Gasteiger partial charge in [0.1, 0.15) is 6.54 Å². The molecule has 0 bridgehead atoms. The molecule has 0 radical (unpaired) electrons. The van der Waals surface area contributed by atoms with Gasteiger partial charge in [-0.05, 0) is 31.0 Å². The Morgan fingerprint density at radius 2 is 1.88 bits per heavy atom. The van der Waals surface area contributed by atoms with Crippen LogP contribution in [-0.2, 0) is 24.4 Å². The van der Waals surface area contributed by atoms with Crippen LogP contribution in [0.1, 0.15) is 24.8 Å². The molecule has 2 aliphatic rings. The molecule has 2 saturated heterocycles. The number of hydrogen-bond donors (Lipinski definition) is 1. The summed E-state index contributed by atoms with van der Waals surface area (Å²) in [6, 6.07) is 5.02. The van der Waals surface area contributed by atoms with Gasteiger partial charge in [0, 0.05) is 25.1 Å². The van der Waals surface area contributed by atoms with E-state index in [0.29, 0.717) is 24.3 Å². The number of carbonyl (C=O) groups excluding carboxylic acids is 3. The molecule has 3 rings (SSSR count). The predicted molar refractivity (Wildman–Crippen MR) is 91.5 cm³/mol. The molecule has 0 unspecified atom stereocenters. The Morgan fingerprint density at radius 3 is 2.48 bits per heavy atom. The first-order valence-corrected chi connectivity index (χ1v) is 9.63. The minimum absolute atomic E-state index is 0.113. The number of anilines is 2. The monoisotopic (exact) mass is 365 g/mol. The second kappa shape index (κ2) is 6.47. The molecule has 2 heterocycles. The van der Waals surface area contributed by atoms with Gasteiger partial charge in [0.05, 0.1) is 11.4 Å². The van der Waals surface area contributed by atoms with E-state index in [1.807, 2.05) is 0 Å². The van der Waals surface area contributed by atoms with Crippen LogP contribution in [0.25, 0.3) is 0 Å². The third-order valence-electron chi connectivity index (χ3n) is 4.34. The van der Waals surface area contributed by atoms with E-state index < -0.39 is 15.9 Å². The molecule has 0 atom stereocenters.